The number of aromatic nitrogens is 2. The average molecular weight is 413 g/mol. The van der Waals surface area contributed by atoms with Crippen LogP contribution in [0.15, 0.2) is 42.7 Å². The molecule has 1 aromatic heterocycles. The molecule has 6 heteroatoms. The lowest BCUT2D eigenvalue weighted by Gasteiger charge is -2.44. The highest BCUT2D eigenvalue weighted by atomic mass is 35.5. The normalized spacial score (nSPS) is 27.8. The Bertz CT molecular complexity index is 836. The number of rotatable bonds is 5. The second-order valence-corrected chi connectivity index (χ2v) is 9.03. The van der Waals surface area contributed by atoms with Crippen LogP contribution in [-0.4, -0.2) is 34.1 Å². The number of hydrogen-bond donors (Lipinski definition) is 1. The molecule has 4 rings (SSSR count). The SMILES string of the molecule is NCC1(c2cccc(Cl)c2)CCC(C2CCCN(Cc3ccnnc3)C2=O)CC1. The maximum atomic E-state index is 13.2. The molecule has 0 radical (unpaired) electrons. The Morgan fingerprint density at radius 2 is 2.00 bits per heavy atom. The molecule has 0 bridgehead atoms. The molecule has 1 saturated carbocycles. The number of piperidine rings is 1. The summed E-state index contributed by atoms with van der Waals surface area (Å²) in [5.41, 5.74) is 8.52. The first-order chi connectivity index (χ1) is 14.1. The highest BCUT2D eigenvalue weighted by molar-refractivity contribution is 6.30. The molecule has 2 aromatic rings. The summed E-state index contributed by atoms with van der Waals surface area (Å²) in [6, 6.07) is 10.1. The number of carbonyl (C=O) groups excluding carboxylic acids is 1. The zero-order chi connectivity index (χ0) is 20.3. The van der Waals surface area contributed by atoms with Gasteiger partial charge in [0.15, 0.2) is 0 Å². The van der Waals surface area contributed by atoms with E-state index in [1.165, 1.54) is 5.56 Å². The molecule has 1 aromatic carbocycles. The molecule has 1 aliphatic heterocycles. The molecule has 2 heterocycles. The maximum absolute atomic E-state index is 13.2. The van der Waals surface area contributed by atoms with Crippen molar-refractivity contribution in [1.29, 1.82) is 0 Å². The van der Waals surface area contributed by atoms with E-state index >= 15 is 0 Å². The van der Waals surface area contributed by atoms with E-state index < -0.39 is 0 Å². The quantitative estimate of drug-likeness (QED) is 0.806. The fourth-order valence-corrected chi connectivity index (χ4v) is 5.41. The van der Waals surface area contributed by atoms with Gasteiger partial charge < -0.3 is 10.6 Å². The van der Waals surface area contributed by atoms with Crippen molar-refractivity contribution in [2.75, 3.05) is 13.1 Å². The average Bonchev–Trinajstić information content (AvgIpc) is 2.76. The Kier molecular flexibility index (Phi) is 6.16. The fourth-order valence-electron chi connectivity index (χ4n) is 5.22. The summed E-state index contributed by atoms with van der Waals surface area (Å²) < 4.78 is 0. The van der Waals surface area contributed by atoms with Gasteiger partial charge in [-0.05, 0) is 73.8 Å². The van der Waals surface area contributed by atoms with Crippen LogP contribution < -0.4 is 5.73 Å². The summed E-state index contributed by atoms with van der Waals surface area (Å²) in [5, 5.41) is 8.53. The van der Waals surface area contributed by atoms with E-state index in [-0.39, 0.29) is 11.3 Å². The third kappa shape index (κ3) is 4.31. The molecule has 29 heavy (non-hydrogen) atoms. The van der Waals surface area contributed by atoms with E-state index in [2.05, 4.69) is 22.3 Å². The molecule has 2 fully saturated rings. The van der Waals surface area contributed by atoms with Crippen LogP contribution in [0.4, 0.5) is 0 Å². The smallest absolute Gasteiger partial charge is 0.226 e. The minimum Gasteiger partial charge on any atom is -0.338 e. The predicted molar refractivity (Wildman–Crippen MR) is 114 cm³/mol. The minimum atomic E-state index is -0.0124. The van der Waals surface area contributed by atoms with Crippen LogP contribution >= 0.6 is 11.6 Å². The topological polar surface area (TPSA) is 72.1 Å². The Morgan fingerprint density at radius 1 is 1.17 bits per heavy atom. The molecular formula is C23H29ClN4O. The van der Waals surface area contributed by atoms with Gasteiger partial charge in [0.1, 0.15) is 0 Å². The van der Waals surface area contributed by atoms with Crippen molar-refractivity contribution in [2.24, 2.45) is 17.6 Å². The van der Waals surface area contributed by atoms with Gasteiger partial charge in [-0.15, -0.1) is 0 Å². The van der Waals surface area contributed by atoms with Gasteiger partial charge in [-0.1, -0.05) is 23.7 Å². The number of benzene rings is 1. The van der Waals surface area contributed by atoms with Crippen LogP contribution in [0, 0.1) is 11.8 Å². The van der Waals surface area contributed by atoms with Gasteiger partial charge in [0.2, 0.25) is 5.91 Å². The van der Waals surface area contributed by atoms with Crippen molar-refractivity contribution in [3.63, 3.8) is 0 Å². The standard InChI is InChI=1S/C23H29ClN4O/c24-20-4-1-3-19(13-20)23(16-25)9-6-18(7-10-23)21-5-2-12-28(22(21)29)15-17-8-11-26-27-14-17/h1,3-4,8,11,13-14,18,21H,2,5-7,9-10,12,15-16,25H2. The third-order valence-electron chi connectivity index (χ3n) is 6.98. The van der Waals surface area contributed by atoms with Gasteiger partial charge in [-0.3, -0.25) is 4.79 Å². The predicted octanol–water partition coefficient (Wildman–Crippen LogP) is 3.96. The van der Waals surface area contributed by atoms with Gasteiger partial charge in [-0.2, -0.15) is 10.2 Å². The largest absolute Gasteiger partial charge is 0.338 e. The molecule has 5 nitrogen and oxygen atoms in total. The number of halogens is 1. The molecule has 1 aliphatic carbocycles. The monoisotopic (exact) mass is 412 g/mol. The van der Waals surface area contributed by atoms with Crippen molar-refractivity contribution in [1.82, 2.24) is 15.1 Å². The van der Waals surface area contributed by atoms with Crippen molar-refractivity contribution in [3.8, 4) is 0 Å². The zero-order valence-electron chi connectivity index (χ0n) is 16.8. The second kappa shape index (κ2) is 8.80. The van der Waals surface area contributed by atoms with Crippen LogP contribution in [-0.2, 0) is 16.8 Å². The van der Waals surface area contributed by atoms with Gasteiger partial charge in [0.25, 0.3) is 0 Å². The van der Waals surface area contributed by atoms with E-state index in [0.29, 0.717) is 24.9 Å². The van der Waals surface area contributed by atoms with Crippen LogP contribution in [0.1, 0.15) is 49.7 Å². The summed E-state index contributed by atoms with van der Waals surface area (Å²) in [5.74, 6) is 0.884. The highest BCUT2D eigenvalue weighted by Gasteiger charge is 2.41. The molecule has 1 atom stereocenters. The lowest BCUT2D eigenvalue weighted by atomic mass is 9.63. The maximum Gasteiger partial charge on any atom is 0.226 e. The first-order valence-corrected chi connectivity index (χ1v) is 11.0. The molecular weight excluding hydrogens is 384 g/mol. The van der Waals surface area contributed by atoms with Crippen LogP contribution in [0.2, 0.25) is 5.02 Å². The van der Waals surface area contributed by atoms with Gasteiger partial charge >= 0.3 is 0 Å². The van der Waals surface area contributed by atoms with Crippen LogP contribution in [0.25, 0.3) is 0 Å². The molecule has 2 N–H and O–H groups in total. The van der Waals surface area contributed by atoms with Gasteiger partial charge in [0.05, 0.1) is 6.20 Å². The van der Waals surface area contributed by atoms with E-state index in [1.807, 2.05) is 23.1 Å². The zero-order valence-corrected chi connectivity index (χ0v) is 17.5. The second-order valence-electron chi connectivity index (χ2n) is 8.59. The van der Waals surface area contributed by atoms with Crippen LogP contribution in [0.3, 0.4) is 0 Å². The first-order valence-electron chi connectivity index (χ1n) is 10.6. The number of hydrogen-bond acceptors (Lipinski definition) is 4. The van der Waals surface area contributed by atoms with Gasteiger partial charge in [-0.25, -0.2) is 0 Å². The number of carbonyl (C=O) groups is 1. The van der Waals surface area contributed by atoms with Crippen LogP contribution in [0.5, 0.6) is 0 Å². The molecule has 0 spiro atoms. The van der Waals surface area contributed by atoms with E-state index in [0.717, 1.165) is 55.7 Å². The lowest BCUT2D eigenvalue weighted by Crippen LogP contribution is -2.46. The molecule has 154 valence electrons. The Labute approximate surface area is 177 Å². The van der Waals surface area contributed by atoms with E-state index in [4.69, 9.17) is 17.3 Å². The van der Waals surface area contributed by atoms with Crippen molar-refractivity contribution in [3.05, 3.63) is 58.9 Å². The summed E-state index contributed by atoms with van der Waals surface area (Å²) in [6.45, 7) is 2.09. The van der Waals surface area contributed by atoms with Crippen molar-refractivity contribution in [2.45, 2.75) is 50.5 Å². The number of amides is 1. The summed E-state index contributed by atoms with van der Waals surface area (Å²) in [7, 11) is 0. The van der Waals surface area contributed by atoms with Crippen molar-refractivity contribution < 1.29 is 4.79 Å². The lowest BCUT2D eigenvalue weighted by molar-refractivity contribution is -0.142. The molecule has 2 aliphatic rings. The third-order valence-corrected chi connectivity index (χ3v) is 7.21. The van der Waals surface area contributed by atoms with Gasteiger partial charge in [0, 0.05) is 42.2 Å². The number of likely N-dealkylation sites (tertiary alicyclic amines) is 1. The number of nitrogens with zero attached hydrogens (tertiary/aromatic N) is 3. The molecule has 1 unspecified atom stereocenters. The molecule has 1 saturated heterocycles. The summed E-state index contributed by atoms with van der Waals surface area (Å²) in [6.07, 6.45) is 9.64. The Hall–Kier alpha value is -1.98. The van der Waals surface area contributed by atoms with E-state index in [1.54, 1.807) is 12.4 Å². The fraction of sp³-hybridized carbons (Fsp3) is 0.522. The van der Waals surface area contributed by atoms with Crippen molar-refractivity contribution >= 4 is 17.5 Å². The highest BCUT2D eigenvalue weighted by Crippen LogP contribution is 2.45. The van der Waals surface area contributed by atoms with E-state index in [9.17, 15) is 4.79 Å². The number of nitrogens with two attached hydrogens (primary N) is 1. The summed E-state index contributed by atoms with van der Waals surface area (Å²) in [4.78, 5) is 15.2. The summed E-state index contributed by atoms with van der Waals surface area (Å²) >= 11 is 6.24. The Morgan fingerprint density at radius 3 is 2.69 bits per heavy atom. The Balaban J connectivity index is 1.43. The minimum absolute atomic E-state index is 0.0124. The molecule has 1 amide bonds. The first kappa shape index (κ1) is 20.3.